The maximum Gasteiger partial charge on any atom is 0.160 e. The maximum atomic E-state index is 5.32. The fourth-order valence-electron chi connectivity index (χ4n) is 7.37. The lowest BCUT2D eigenvalue weighted by atomic mass is 9.90. The minimum atomic E-state index is 0.705. The van der Waals surface area contributed by atoms with Crippen LogP contribution in [0.3, 0.4) is 0 Å². The van der Waals surface area contributed by atoms with Crippen molar-refractivity contribution in [3.05, 3.63) is 164 Å². The topological polar surface area (TPSA) is 38.7 Å². The zero-order valence-corrected chi connectivity index (χ0v) is 25.9. The third-order valence-electron chi connectivity index (χ3n) is 9.62. The lowest BCUT2D eigenvalue weighted by molar-refractivity contribution is 1.23. The summed E-state index contributed by atoms with van der Waals surface area (Å²) in [5.41, 5.74) is 6.94. The Balaban J connectivity index is 1.18. The number of rotatable bonds is 3. The summed E-state index contributed by atoms with van der Waals surface area (Å²) in [5.74, 6) is 0.705. The molecule has 2 aromatic heterocycles. The van der Waals surface area contributed by atoms with E-state index in [9.17, 15) is 0 Å². The van der Waals surface area contributed by atoms with E-state index in [1.54, 1.807) is 0 Å². The Morgan fingerprint density at radius 1 is 0.292 bits per heavy atom. The van der Waals surface area contributed by atoms with Gasteiger partial charge in [0.25, 0.3) is 0 Å². The second-order valence-corrected chi connectivity index (χ2v) is 12.4. The molecule has 2 heterocycles. The molecule has 0 unspecified atom stereocenters. The van der Waals surface area contributed by atoms with Crippen LogP contribution in [0.15, 0.2) is 164 Å². The Bertz CT molecular complexity index is 2890. The minimum Gasteiger partial charge on any atom is -0.247 e. The molecule has 10 aromatic rings. The molecule has 3 heteroatoms. The molecule has 0 fully saturated rings. The first-order valence-electron chi connectivity index (χ1n) is 16.3. The highest BCUT2D eigenvalue weighted by Crippen LogP contribution is 2.43. The van der Waals surface area contributed by atoms with Crippen LogP contribution in [-0.2, 0) is 0 Å². The minimum absolute atomic E-state index is 0.705. The molecule has 10 rings (SSSR count). The number of aromatic nitrogens is 3. The highest BCUT2D eigenvalue weighted by atomic mass is 14.9. The molecule has 0 atom stereocenters. The van der Waals surface area contributed by atoms with Gasteiger partial charge in [-0.05, 0) is 50.5 Å². The van der Waals surface area contributed by atoms with Crippen LogP contribution in [0.25, 0.3) is 98.8 Å². The van der Waals surface area contributed by atoms with Crippen molar-refractivity contribution in [2.24, 2.45) is 0 Å². The molecule has 0 bridgehead atoms. The Morgan fingerprint density at radius 2 is 0.812 bits per heavy atom. The summed E-state index contributed by atoms with van der Waals surface area (Å²) >= 11 is 0. The second kappa shape index (κ2) is 10.5. The smallest absolute Gasteiger partial charge is 0.160 e. The molecule has 0 saturated carbocycles. The first-order valence-corrected chi connectivity index (χ1v) is 16.3. The zero-order valence-electron chi connectivity index (χ0n) is 25.9. The van der Waals surface area contributed by atoms with Crippen LogP contribution in [0.1, 0.15) is 0 Å². The Morgan fingerprint density at radius 3 is 1.54 bits per heavy atom. The van der Waals surface area contributed by atoms with Crippen molar-refractivity contribution < 1.29 is 0 Å². The second-order valence-electron chi connectivity index (χ2n) is 12.4. The van der Waals surface area contributed by atoms with E-state index < -0.39 is 0 Å². The van der Waals surface area contributed by atoms with E-state index in [1.807, 2.05) is 6.07 Å². The van der Waals surface area contributed by atoms with Crippen molar-refractivity contribution in [3.63, 3.8) is 0 Å². The summed E-state index contributed by atoms with van der Waals surface area (Å²) in [7, 11) is 0. The van der Waals surface area contributed by atoms with E-state index in [2.05, 4.69) is 158 Å². The average Bonchev–Trinajstić information content (AvgIpc) is 3.17. The van der Waals surface area contributed by atoms with Crippen LogP contribution in [0, 0.1) is 0 Å². The number of para-hydroxylation sites is 2. The van der Waals surface area contributed by atoms with Crippen LogP contribution in [0.2, 0.25) is 0 Å². The molecule has 8 aromatic carbocycles. The third-order valence-corrected chi connectivity index (χ3v) is 9.62. The summed E-state index contributed by atoms with van der Waals surface area (Å²) in [6.07, 6.45) is 0. The van der Waals surface area contributed by atoms with Crippen molar-refractivity contribution in [1.82, 2.24) is 15.0 Å². The van der Waals surface area contributed by atoms with E-state index in [-0.39, 0.29) is 0 Å². The summed E-state index contributed by atoms with van der Waals surface area (Å²) in [6.45, 7) is 0. The van der Waals surface area contributed by atoms with Crippen LogP contribution in [0.4, 0.5) is 0 Å². The highest BCUT2D eigenvalue weighted by molar-refractivity contribution is 6.33. The zero-order chi connectivity index (χ0) is 31.6. The maximum absolute atomic E-state index is 5.32. The lowest BCUT2D eigenvalue weighted by Crippen LogP contribution is -1.96. The molecular weight excluding hydrogens is 583 g/mol. The van der Waals surface area contributed by atoms with Crippen LogP contribution >= 0.6 is 0 Å². The van der Waals surface area contributed by atoms with Gasteiger partial charge in [-0.15, -0.1) is 0 Å². The van der Waals surface area contributed by atoms with Gasteiger partial charge in [0.05, 0.1) is 22.4 Å². The fourth-order valence-corrected chi connectivity index (χ4v) is 7.37. The van der Waals surface area contributed by atoms with E-state index in [1.165, 1.54) is 48.5 Å². The van der Waals surface area contributed by atoms with Crippen molar-refractivity contribution in [2.45, 2.75) is 0 Å². The van der Waals surface area contributed by atoms with Gasteiger partial charge in [-0.1, -0.05) is 146 Å². The molecule has 0 amide bonds. The van der Waals surface area contributed by atoms with E-state index >= 15 is 0 Å². The van der Waals surface area contributed by atoms with Crippen LogP contribution in [-0.4, -0.2) is 15.0 Å². The normalized spacial score (nSPS) is 11.8. The number of fused-ring (bicyclic) bond motifs is 10. The molecule has 0 spiro atoms. The van der Waals surface area contributed by atoms with Crippen LogP contribution in [0.5, 0.6) is 0 Å². The van der Waals surface area contributed by atoms with Gasteiger partial charge >= 0.3 is 0 Å². The first kappa shape index (κ1) is 26.7. The van der Waals surface area contributed by atoms with Gasteiger partial charge in [0.15, 0.2) is 5.82 Å². The number of nitrogens with zero attached hydrogens (tertiary/aromatic N) is 3. The molecule has 0 radical (unpaired) electrons. The monoisotopic (exact) mass is 609 g/mol. The SMILES string of the molecule is c1ccc2cc(-c3nc(-c4ccc(-c5nc6ccccc6c6c7ccccc7c7ccccc7c56)cc4)nc4ccccc34)ccc2c1. The van der Waals surface area contributed by atoms with Gasteiger partial charge < -0.3 is 0 Å². The average molecular weight is 610 g/mol. The van der Waals surface area contributed by atoms with Crippen molar-refractivity contribution in [3.8, 4) is 33.9 Å². The molecule has 48 heavy (non-hydrogen) atoms. The predicted octanol–water partition coefficient (Wildman–Crippen LogP) is 11.8. The Labute approximate surface area is 276 Å². The van der Waals surface area contributed by atoms with Gasteiger partial charge in [0.1, 0.15) is 0 Å². The van der Waals surface area contributed by atoms with E-state index in [0.29, 0.717) is 5.82 Å². The number of hydrogen-bond acceptors (Lipinski definition) is 3. The molecule has 0 N–H and O–H groups in total. The van der Waals surface area contributed by atoms with Crippen molar-refractivity contribution >= 4 is 64.9 Å². The molecule has 0 aliphatic carbocycles. The third kappa shape index (κ3) is 4.11. The van der Waals surface area contributed by atoms with Crippen molar-refractivity contribution in [2.75, 3.05) is 0 Å². The van der Waals surface area contributed by atoms with Gasteiger partial charge in [-0.25, -0.2) is 15.0 Å². The largest absolute Gasteiger partial charge is 0.247 e. The van der Waals surface area contributed by atoms with Gasteiger partial charge in [-0.2, -0.15) is 0 Å². The number of pyridine rings is 1. The predicted molar refractivity (Wildman–Crippen MR) is 201 cm³/mol. The molecule has 3 nitrogen and oxygen atoms in total. The molecule has 0 aliphatic rings. The summed E-state index contributed by atoms with van der Waals surface area (Å²) in [4.78, 5) is 15.5. The molecule has 222 valence electrons. The Hall–Kier alpha value is -6.45. The van der Waals surface area contributed by atoms with Gasteiger partial charge in [-0.3, -0.25) is 0 Å². The van der Waals surface area contributed by atoms with Crippen LogP contribution < -0.4 is 0 Å². The highest BCUT2D eigenvalue weighted by Gasteiger charge is 2.18. The standard InChI is InChI=1S/C45H27N3/c1-2-12-31-27-32(26-21-28(31)11-1)43-38-18-8-10-20-40(38)47-45(48-43)30-24-22-29(23-25-30)44-42-36-16-6-4-14-34(36)33-13-3-5-15-35(33)41(42)37-17-7-9-19-39(37)46-44/h1-27H. The van der Waals surface area contributed by atoms with Gasteiger partial charge in [0, 0.05) is 38.2 Å². The fraction of sp³-hybridized carbons (Fsp3) is 0. The summed E-state index contributed by atoms with van der Waals surface area (Å²) in [5, 5.41) is 12.0. The van der Waals surface area contributed by atoms with Gasteiger partial charge in [0.2, 0.25) is 0 Å². The lowest BCUT2D eigenvalue weighted by Gasteiger charge is -2.16. The number of hydrogen-bond donors (Lipinski definition) is 0. The first-order chi connectivity index (χ1) is 23.8. The van der Waals surface area contributed by atoms with E-state index in [0.717, 1.165) is 44.5 Å². The van der Waals surface area contributed by atoms with Crippen molar-refractivity contribution in [1.29, 1.82) is 0 Å². The summed E-state index contributed by atoms with van der Waals surface area (Å²) < 4.78 is 0. The molecule has 0 aliphatic heterocycles. The molecular formula is C45H27N3. The quantitative estimate of drug-likeness (QED) is 0.187. The molecule has 0 saturated heterocycles. The Kier molecular flexibility index (Phi) is 5.87. The van der Waals surface area contributed by atoms with E-state index in [4.69, 9.17) is 15.0 Å². The summed E-state index contributed by atoms with van der Waals surface area (Å²) in [6, 6.07) is 57.8. The number of benzene rings is 8.